The van der Waals surface area contributed by atoms with Crippen LogP contribution in [0.3, 0.4) is 0 Å². The Morgan fingerprint density at radius 1 is 0.548 bits per heavy atom. The average molecular weight is 544 g/mol. The van der Waals surface area contributed by atoms with E-state index in [2.05, 4.69) is 122 Å². The van der Waals surface area contributed by atoms with Crippen molar-refractivity contribution in [1.29, 1.82) is 0 Å². The fourth-order valence-electron chi connectivity index (χ4n) is 5.66. The first-order valence-corrected chi connectivity index (χ1v) is 14.3. The molecule has 1 aliphatic heterocycles. The number of fused-ring (bicyclic) bond motifs is 1. The van der Waals surface area contributed by atoms with Gasteiger partial charge in [-0.2, -0.15) is 0 Å². The zero-order valence-electron chi connectivity index (χ0n) is 23.9. The van der Waals surface area contributed by atoms with Gasteiger partial charge in [0.15, 0.2) is 5.78 Å². The zero-order valence-corrected chi connectivity index (χ0v) is 23.9. The summed E-state index contributed by atoms with van der Waals surface area (Å²) in [5.74, 6) is -0.0229. The molecule has 0 radical (unpaired) electrons. The summed E-state index contributed by atoms with van der Waals surface area (Å²) in [6.45, 7) is 4.58. The van der Waals surface area contributed by atoms with Crippen LogP contribution in [0.5, 0.6) is 0 Å². The van der Waals surface area contributed by atoms with E-state index in [1.54, 1.807) is 6.08 Å². The number of carbonyl (C=O) groups excluding carboxylic acids is 1. The van der Waals surface area contributed by atoms with Crippen molar-refractivity contribution in [3.8, 4) is 0 Å². The largest absolute Gasteiger partial charge is 0.313 e. The van der Waals surface area contributed by atoms with E-state index < -0.39 is 0 Å². The van der Waals surface area contributed by atoms with Crippen molar-refractivity contribution in [3.05, 3.63) is 192 Å². The Morgan fingerprint density at radius 3 is 1.62 bits per heavy atom. The van der Waals surface area contributed by atoms with Crippen LogP contribution in [0, 0.1) is 0 Å². The summed E-state index contributed by atoms with van der Waals surface area (Å²) in [7, 11) is 0. The second-order valence-electron chi connectivity index (χ2n) is 11.0. The Morgan fingerprint density at radius 2 is 1.02 bits per heavy atom. The van der Waals surface area contributed by atoms with Crippen LogP contribution in [0.2, 0.25) is 0 Å². The van der Waals surface area contributed by atoms with Crippen LogP contribution in [-0.2, 0) is 5.41 Å². The highest BCUT2D eigenvalue weighted by atomic mass is 16.1. The zero-order chi connectivity index (χ0) is 28.9. The summed E-state index contributed by atoms with van der Waals surface area (Å²) < 4.78 is 0. The van der Waals surface area contributed by atoms with Crippen molar-refractivity contribution in [2.24, 2.45) is 0 Å². The van der Waals surface area contributed by atoms with E-state index >= 15 is 0 Å². The van der Waals surface area contributed by atoms with E-state index in [1.807, 2.05) is 54.6 Å². The molecule has 204 valence electrons. The molecule has 2 nitrogen and oxygen atoms in total. The quantitative estimate of drug-likeness (QED) is 0.116. The van der Waals surface area contributed by atoms with Gasteiger partial charge in [0.2, 0.25) is 0 Å². The van der Waals surface area contributed by atoms with E-state index in [4.69, 9.17) is 0 Å². The third-order valence-corrected chi connectivity index (χ3v) is 7.88. The van der Waals surface area contributed by atoms with Crippen molar-refractivity contribution in [3.63, 3.8) is 0 Å². The Hall–Kier alpha value is -5.21. The second-order valence-corrected chi connectivity index (χ2v) is 11.0. The van der Waals surface area contributed by atoms with Crippen LogP contribution < -0.4 is 4.90 Å². The first-order valence-electron chi connectivity index (χ1n) is 14.3. The number of nitrogens with zero attached hydrogens (tertiary/aromatic N) is 1. The Bertz CT molecular complexity index is 1780. The Labute approximate surface area is 248 Å². The van der Waals surface area contributed by atoms with Crippen LogP contribution in [0.1, 0.15) is 40.9 Å². The van der Waals surface area contributed by atoms with Crippen LogP contribution in [-0.4, -0.2) is 5.78 Å². The van der Waals surface area contributed by atoms with Gasteiger partial charge in [-0.25, -0.2) is 0 Å². The molecular weight excluding hydrogens is 510 g/mol. The number of benzene rings is 5. The number of anilines is 2. The lowest BCUT2D eigenvalue weighted by Gasteiger charge is -2.28. The topological polar surface area (TPSA) is 20.3 Å². The van der Waals surface area contributed by atoms with Gasteiger partial charge in [-0.15, -0.1) is 0 Å². The van der Waals surface area contributed by atoms with Gasteiger partial charge in [-0.05, 0) is 64.3 Å². The monoisotopic (exact) mass is 543 g/mol. The SMILES string of the molecule is CC1(C)\C(=C/C(=C/C(=C/C(=O)c2ccccc2)c2ccccc2)c2ccccc2)N(c2ccccc2)c2ccccc21. The lowest BCUT2D eigenvalue weighted by molar-refractivity contribution is 0.104. The summed E-state index contributed by atoms with van der Waals surface area (Å²) in [6, 6.07) is 49.2. The first kappa shape index (κ1) is 27.0. The van der Waals surface area contributed by atoms with Gasteiger partial charge in [0.25, 0.3) is 0 Å². The fraction of sp³-hybridized carbons (Fsp3) is 0.0750. The van der Waals surface area contributed by atoms with Gasteiger partial charge < -0.3 is 4.90 Å². The highest BCUT2D eigenvalue weighted by Gasteiger charge is 2.40. The maximum Gasteiger partial charge on any atom is 0.186 e. The van der Waals surface area contributed by atoms with Gasteiger partial charge in [0.05, 0.1) is 0 Å². The van der Waals surface area contributed by atoms with E-state index in [9.17, 15) is 4.79 Å². The van der Waals surface area contributed by atoms with Crippen molar-refractivity contribution < 1.29 is 4.79 Å². The minimum atomic E-state index is -0.253. The number of para-hydroxylation sites is 2. The highest BCUT2D eigenvalue weighted by Crippen LogP contribution is 2.51. The molecule has 2 heteroatoms. The molecule has 0 saturated heterocycles. The predicted octanol–water partition coefficient (Wildman–Crippen LogP) is 10.0. The molecule has 0 aliphatic carbocycles. The van der Waals surface area contributed by atoms with Crippen molar-refractivity contribution in [2.75, 3.05) is 4.90 Å². The molecule has 0 atom stereocenters. The van der Waals surface area contributed by atoms with Crippen LogP contribution in [0.25, 0.3) is 11.1 Å². The maximum atomic E-state index is 13.5. The number of hydrogen-bond acceptors (Lipinski definition) is 2. The maximum absolute atomic E-state index is 13.5. The third kappa shape index (κ3) is 5.40. The molecule has 0 N–H and O–H groups in total. The summed E-state index contributed by atoms with van der Waals surface area (Å²) in [4.78, 5) is 15.8. The van der Waals surface area contributed by atoms with E-state index in [1.165, 1.54) is 16.9 Å². The van der Waals surface area contributed by atoms with Crippen molar-refractivity contribution >= 4 is 28.3 Å². The number of ketones is 1. The van der Waals surface area contributed by atoms with Gasteiger partial charge in [-0.3, -0.25) is 4.79 Å². The molecule has 0 fully saturated rings. The number of rotatable bonds is 7. The Balaban J connectivity index is 1.57. The Kier molecular flexibility index (Phi) is 7.53. The van der Waals surface area contributed by atoms with Crippen molar-refractivity contribution in [1.82, 2.24) is 0 Å². The van der Waals surface area contributed by atoms with E-state index in [0.29, 0.717) is 5.56 Å². The lowest BCUT2D eigenvalue weighted by atomic mass is 9.82. The number of allylic oxidation sites excluding steroid dienone is 6. The minimum absolute atomic E-state index is 0.0229. The third-order valence-electron chi connectivity index (χ3n) is 7.88. The minimum Gasteiger partial charge on any atom is -0.313 e. The standard InChI is InChI=1S/C40H33NO/c1-40(2)36-25-15-16-26-37(36)41(35-23-13-6-14-24-35)39(40)29-34(31-19-9-4-10-20-31)27-33(30-17-7-3-8-18-30)28-38(42)32-21-11-5-12-22-32/h3-29H,1-2H3/b33-28-,34-27-,39-29+. The summed E-state index contributed by atoms with van der Waals surface area (Å²) in [5, 5.41) is 0. The molecule has 0 saturated carbocycles. The summed E-state index contributed by atoms with van der Waals surface area (Å²) in [5.41, 5.74) is 9.14. The molecule has 5 aromatic rings. The molecule has 1 heterocycles. The number of carbonyl (C=O) groups is 1. The van der Waals surface area contributed by atoms with Gasteiger partial charge in [-0.1, -0.05) is 141 Å². The molecule has 1 aliphatic rings. The molecule has 5 aromatic carbocycles. The molecule has 0 unspecified atom stereocenters. The summed E-state index contributed by atoms with van der Waals surface area (Å²) in [6.07, 6.45) is 6.21. The van der Waals surface area contributed by atoms with Gasteiger partial charge in [0.1, 0.15) is 0 Å². The summed E-state index contributed by atoms with van der Waals surface area (Å²) >= 11 is 0. The first-order chi connectivity index (χ1) is 20.5. The smallest absolute Gasteiger partial charge is 0.186 e. The molecule has 6 rings (SSSR count). The normalized spacial score (nSPS) is 15.5. The van der Waals surface area contributed by atoms with Crippen LogP contribution >= 0.6 is 0 Å². The molecular formula is C40H33NO. The number of hydrogen-bond donors (Lipinski definition) is 0. The van der Waals surface area contributed by atoms with Gasteiger partial charge >= 0.3 is 0 Å². The molecule has 0 spiro atoms. The molecule has 0 aromatic heterocycles. The van der Waals surface area contributed by atoms with E-state index in [0.717, 1.165) is 28.0 Å². The van der Waals surface area contributed by atoms with Crippen molar-refractivity contribution in [2.45, 2.75) is 19.3 Å². The molecule has 0 bridgehead atoms. The predicted molar refractivity (Wildman–Crippen MR) is 176 cm³/mol. The lowest BCUT2D eigenvalue weighted by Crippen LogP contribution is -2.23. The van der Waals surface area contributed by atoms with Crippen LogP contribution in [0.15, 0.2) is 170 Å². The molecule has 42 heavy (non-hydrogen) atoms. The van der Waals surface area contributed by atoms with E-state index in [-0.39, 0.29) is 11.2 Å². The molecule has 0 amide bonds. The fourth-order valence-corrected chi connectivity index (χ4v) is 5.66. The van der Waals surface area contributed by atoms with Crippen LogP contribution in [0.4, 0.5) is 11.4 Å². The second kappa shape index (κ2) is 11.7. The average Bonchev–Trinajstić information content (AvgIpc) is 3.27. The van der Waals surface area contributed by atoms with Gasteiger partial charge in [0, 0.05) is 28.1 Å². The highest BCUT2D eigenvalue weighted by molar-refractivity contribution is 6.10.